The molecular formula is C23H30N2O5S. The lowest BCUT2D eigenvalue weighted by Gasteiger charge is -2.31. The van der Waals surface area contributed by atoms with Gasteiger partial charge < -0.3 is 14.8 Å². The van der Waals surface area contributed by atoms with Gasteiger partial charge in [-0.2, -0.15) is 4.31 Å². The molecule has 3 rings (SSSR count). The first kappa shape index (κ1) is 23.1. The fourth-order valence-electron chi connectivity index (χ4n) is 3.70. The minimum absolute atomic E-state index is 0.0414. The van der Waals surface area contributed by atoms with Crippen molar-refractivity contribution in [3.05, 3.63) is 48.0 Å². The second-order valence-electron chi connectivity index (χ2n) is 7.98. The van der Waals surface area contributed by atoms with Crippen LogP contribution in [0.4, 0.5) is 5.69 Å². The van der Waals surface area contributed by atoms with Gasteiger partial charge in [-0.25, -0.2) is 8.42 Å². The Balaban J connectivity index is 1.75. The molecule has 1 amide bonds. The molecule has 0 radical (unpaired) electrons. The summed E-state index contributed by atoms with van der Waals surface area (Å²) in [6.45, 7) is 4.71. The fourth-order valence-corrected chi connectivity index (χ4v) is 5.39. The predicted octanol–water partition coefficient (Wildman–Crippen LogP) is 3.87. The molecule has 8 heteroatoms. The molecule has 0 spiro atoms. The van der Waals surface area contributed by atoms with E-state index in [1.165, 1.54) is 30.2 Å². The smallest absolute Gasteiger partial charge is 0.246 e. The van der Waals surface area contributed by atoms with E-state index >= 15 is 0 Å². The molecule has 0 aliphatic carbocycles. The minimum Gasteiger partial charge on any atom is -0.497 e. The van der Waals surface area contributed by atoms with E-state index in [2.05, 4.69) is 19.2 Å². The summed E-state index contributed by atoms with van der Waals surface area (Å²) in [7, 11) is -0.936. The standard InChI is InChI=1S/C23H30N2O5S/c1-16(2)17-7-9-19(10-8-17)24-23(26)18-6-5-13-25(15-18)31(27,28)22-14-20(29-3)11-12-21(22)30-4/h7-12,14,16,18H,5-6,13,15H2,1-4H3,(H,24,26). The van der Waals surface area contributed by atoms with Gasteiger partial charge in [0.1, 0.15) is 16.4 Å². The fraction of sp³-hybridized carbons (Fsp3) is 0.435. The molecule has 0 aromatic heterocycles. The Hall–Kier alpha value is -2.58. The molecule has 2 aromatic carbocycles. The number of hydrogen-bond acceptors (Lipinski definition) is 5. The Morgan fingerprint density at radius 2 is 1.81 bits per heavy atom. The molecule has 0 bridgehead atoms. The highest BCUT2D eigenvalue weighted by molar-refractivity contribution is 7.89. The summed E-state index contributed by atoms with van der Waals surface area (Å²) in [5.74, 6) is 0.489. The average molecular weight is 447 g/mol. The topological polar surface area (TPSA) is 84.9 Å². The summed E-state index contributed by atoms with van der Waals surface area (Å²) in [6, 6.07) is 12.4. The van der Waals surface area contributed by atoms with Crippen LogP contribution in [0.15, 0.2) is 47.4 Å². The summed E-state index contributed by atoms with van der Waals surface area (Å²) < 4.78 is 38.4. The second kappa shape index (κ2) is 9.70. The number of nitrogens with zero attached hydrogens (tertiary/aromatic N) is 1. The van der Waals surface area contributed by atoms with Gasteiger partial charge in [0.15, 0.2) is 0 Å². The third-order valence-corrected chi connectivity index (χ3v) is 7.47. The first-order valence-corrected chi connectivity index (χ1v) is 11.8. The van der Waals surface area contributed by atoms with E-state index in [1.54, 1.807) is 12.1 Å². The number of benzene rings is 2. The number of nitrogens with one attached hydrogen (secondary N) is 1. The van der Waals surface area contributed by atoms with Crippen LogP contribution in [0.1, 0.15) is 38.2 Å². The number of amides is 1. The van der Waals surface area contributed by atoms with E-state index in [4.69, 9.17) is 9.47 Å². The summed E-state index contributed by atoms with van der Waals surface area (Å²) in [6.07, 6.45) is 1.24. The van der Waals surface area contributed by atoms with Crippen molar-refractivity contribution in [2.24, 2.45) is 5.92 Å². The molecule has 1 saturated heterocycles. The molecule has 1 atom stereocenters. The van der Waals surface area contributed by atoms with E-state index in [0.29, 0.717) is 36.7 Å². The SMILES string of the molecule is COc1ccc(OC)c(S(=O)(=O)N2CCCC(C(=O)Nc3ccc(C(C)C)cc3)C2)c1. The third kappa shape index (κ3) is 5.19. The summed E-state index contributed by atoms with van der Waals surface area (Å²) in [4.78, 5) is 12.9. The van der Waals surface area contributed by atoms with Gasteiger partial charge in [-0.3, -0.25) is 4.79 Å². The Bertz CT molecular complexity index is 1020. The molecule has 1 unspecified atom stereocenters. The highest BCUT2D eigenvalue weighted by Gasteiger charge is 2.35. The van der Waals surface area contributed by atoms with Gasteiger partial charge in [0.25, 0.3) is 0 Å². The highest BCUT2D eigenvalue weighted by Crippen LogP contribution is 2.33. The normalized spacial score (nSPS) is 17.4. The number of methoxy groups -OCH3 is 2. The summed E-state index contributed by atoms with van der Waals surface area (Å²) in [5.41, 5.74) is 1.91. The van der Waals surface area contributed by atoms with Crippen molar-refractivity contribution in [3.63, 3.8) is 0 Å². The van der Waals surface area contributed by atoms with E-state index in [0.717, 1.165) is 0 Å². The summed E-state index contributed by atoms with van der Waals surface area (Å²) >= 11 is 0. The maximum absolute atomic E-state index is 13.3. The number of carbonyl (C=O) groups is 1. The van der Waals surface area contributed by atoms with Crippen molar-refractivity contribution >= 4 is 21.6 Å². The number of anilines is 1. The van der Waals surface area contributed by atoms with Crippen LogP contribution in [0.25, 0.3) is 0 Å². The van der Waals surface area contributed by atoms with Gasteiger partial charge in [-0.1, -0.05) is 26.0 Å². The zero-order valence-electron chi connectivity index (χ0n) is 18.4. The lowest BCUT2D eigenvalue weighted by molar-refractivity contribution is -0.120. The molecule has 1 fully saturated rings. The highest BCUT2D eigenvalue weighted by atomic mass is 32.2. The number of ether oxygens (including phenoxy) is 2. The number of carbonyl (C=O) groups excluding carboxylic acids is 1. The van der Waals surface area contributed by atoms with E-state index in [-0.39, 0.29) is 23.1 Å². The van der Waals surface area contributed by atoms with Gasteiger partial charge in [0.2, 0.25) is 15.9 Å². The lowest BCUT2D eigenvalue weighted by Crippen LogP contribution is -2.43. The van der Waals surface area contributed by atoms with Crippen LogP contribution < -0.4 is 14.8 Å². The van der Waals surface area contributed by atoms with Gasteiger partial charge in [0, 0.05) is 24.8 Å². The predicted molar refractivity (Wildman–Crippen MR) is 120 cm³/mol. The molecule has 31 heavy (non-hydrogen) atoms. The van der Waals surface area contributed by atoms with Gasteiger partial charge in [-0.15, -0.1) is 0 Å². The number of sulfonamides is 1. The van der Waals surface area contributed by atoms with Crippen molar-refractivity contribution in [2.75, 3.05) is 32.6 Å². The Labute approximate surface area is 184 Å². The van der Waals surface area contributed by atoms with Crippen molar-refractivity contribution in [1.29, 1.82) is 0 Å². The lowest BCUT2D eigenvalue weighted by atomic mass is 9.98. The van der Waals surface area contributed by atoms with Crippen LogP contribution in [0.2, 0.25) is 0 Å². The average Bonchev–Trinajstić information content (AvgIpc) is 2.79. The minimum atomic E-state index is -3.84. The van der Waals surface area contributed by atoms with Crippen molar-refractivity contribution < 1.29 is 22.7 Å². The monoisotopic (exact) mass is 446 g/mol. The Morgan fingerprint density at radius 3 is 2.42 bits per heavy atom. The van der Waals surface area contributed by atoms with E-state index < -0.39 is 15.9 Å². The quantitative estimate of drug-likeness (QED) is 0.698. The Morgan fingerprint density at radius 1 is 1.10 bits per heavy atom. The molecular weight excluding hydrogens is 416 g/mol. The molecule has 0 saturated carbocycles. The van der Waals surface area contributed by atoms with Crippen LogP contribution in [0.3, 0.4) is 0 Å². The molecule has 1 aliphatic heterocycles. The van der Waals surface area contributed by atoms with E-state index in [1.807, 2.05) is 24.3 Å². The summed E-state index contributed by atoms with van der Waals surface area (Å²) in [5, 5.41) is 2.93. The number of hydrogen-bond donors (Lipinski definition) is 1. The second-order valence-corrected chi connectivity index (χ2v) is 9.89. The Kier molecular flexibility index (Phi) is 7.23. The number of rotatable bonds is 7. The molecule has 1 N–H and O–H groups in total. The van der Waals surface area contributed by atoms with E-state index in [9.17, 15) is 13.2 Å². The van der Waals surface area contributed by atoms with Crippen LogP contribution in [0.5, 0.6) is 11.5 Å². The first-order chi connectivity index (χ1) is 14.8. The molecule has 7 nitrogen and oxygen atoms in total. The van der Waals surface area contributed by atoms with Crippen LogP contribution in [0, 0.1) is 5.92 Å². The number of piperidine rings is 1. The van der Waals surface area contributed by atoms with Crippen LogP contribution in [-0.4, -0.2) is 45.9 Å². The maximum atomic E-state index is 13.3. The molecule has 1 heterocycles. The van der Waals surface area contributed by atoms with Crippen molar-refractivity contribution in [1.82, 2.24) is 4.31 Å². The largest absolute Gasteiger partial charge is 0.497 e. The van der Waals surface area contributed by atoms with Crippen LogP contribution >= 0.6 is 0 Å². The van der Waals surface area contributed by atoms with Crippen molar-refractivity contribution in [2.45, 2.75) is 37.5 Å². The zero-order chi connectivity index (χ0) is 22.6. The van der Waals surface area contributed by atoms with Crippen LogP contribution in [-0.2, 0) is 14.8 Å². The molecule has 168 valence electrons. The first-order valence-electron chi connectivity index (χ1n) is 10.4. The van der Waals surface area contributed by atoms with Crippen molar-refractivity contribution in [3.8, 4) is 11.5 Å². The van der Waals surface area contributed by atoms with Gasteiger partial charge in [-0.05, 0) is 48.6 Å². The molecule has 2 aromatic rings. The van der Waals surface area contributed by atoms with Gasteiger partial charge >= 0.3 is 0 Å². The zero-order valence-corrected chi connectivity index (χ0v) is 19.2. The molecule has 1 aliphatic rings. The maximum Gasteiger partial charge on any atom is 0.246 e. The van der Waals surface area contributed by atoms with Gasteiger partial charge in [0.05, 0.1) is 20.1 Å². The third-order valence-electron chi connectivity index (χ3n) is 5.59.